The zero-order valence-electron chi connectivity index (χ0n) is 9.38. The Labute approximate surface area is 113 Å². The molecular weight excluding hydrogens is 257 g/mol. The van der Waals surface area contributed by atoms with Gasteiger partial charge in [-0.1, -0.05) is 6.07 Å². The van der Waals surface area contributed by atoms with E-state index in [0.29, 0.717) is 0 Å². The summed E-state index contributed by atoms with van der Waals surface area (Å²) in [5.41, 5.74) is 8.48. The molecule has 0 spiro atoms. The van der Waals surface area contributed by atoms with Crippen LogP contribution in [0.15, 0.2) is 42.6 Å². The molecule has 17 heavy (non-hydrogen) atoms. The number of benzene rings is 1. The van der Waals surface area contributed by atoms with Crippen molar-refractivity contribution in [3.63, 3.8) is 0 Å². The van der Waals surface area contributed by atoms with Crippen LogP contribution in [-0.4, -0.2) is 4.98 Å². The van der Waals surface area contributed by atoms with Crippen LogP contribution in [0.2, 0.25) is 0 Å². The zero-order valence-corrected chi connectivity index (χ0v) is 11.0. The molecule has 0 aliphatic rings. The maximum Gasteiger partial charge on any atom is 0.133 e. The number of nitrogen functional groups attached to an aromatic ring is 1. The molecule has 92 valence electrons. The first-order valence-electron chi connectivity index (χ1n) is 4.80. The minimum atomic E-state index is 0. The first-order valence-corrected chi connectivity index (χ1v) is 4.80. The first-order chi connectivity index (χ1) is 7.25. The summed E-state index contributed by atoms with van der Waals surface area (Å²) in [6.07, 6.45) is 1.77. The Morgan fingerprint density at radius 3 is 2.29 bits per heavy atom. The number of aromatic nitrogens is 1. The molecule has 0 amide bonds. The Morgan fingerprint density at radius 2 is 1.71 bits per heavy atom. The van der Waals surface area contributed by atoms with Crippen molar-refractivity contribution in [2.45, 2.75) is 6.92 Å². The standard InChI is InChI=1S/C12H13N3.2ClH/c1-9-3-2-8-14-12(9)15-11-6-4-10(13)5-7-11;;/h2-8H,13H2,1H3,(H,14,15);2*1H. The molecule has 0 atom stereocenters. The van der Waals surface area contributed by atoms with E-state index in [1.54, 1.807) is 6.20 Å². The highest BCUT2D eigenvalue weighted by atomic mass is 35.5. The highest BCUT2D eigenvalue weighted by molar-refractivity contribution is 5.85. The number of halogens is 2. The van der Waals surface area contributed by atoms with Gasteiger partial charge in [0.25, 0.3) is 0 Å². The van der Waals surface area contributed by atoms with Gasteiger partial charge in [-0.2, -0.15) is 0 Å². The van der Waals surface area contributed by atoms with Gasteiger partial charge in [-0.25, -0.2) is 4.98 Å². The van der Waals surface area contributed by atoms with E-state index in [-0.39, 0.29) is 24.8 Å². The van der Waals surface area contributed by atoms with Crippen molar-refractivity contribution in [3.05, 3.63) is 48.2 Å². The average Bonchev–Trinajstić information content (AvgIpc) is 2.25. The maximum absolute atomic E-state index is 5.61. The highest BCUT2D eigenvalue weighted by Crippen LogP contribution is 2.18. The highest BCUT2D eigenvalue weighted by Gasteiger charge is 1.98. The summed E-state index contributed by atoms with van der Waals surface area (Å²) in [5.74, 6) is 0.877. The van der Waals surface area contributed by atoms with Crippen LogP contribution < -0.4 is 11.1 Å². The number of hydrogen-bond acceptors (Lipinski definition) is 3. The average molecular weight is 272 g/mol. The van der Waals surface area contributed by atoms with E-state index in [9.17, 15) is 0 Å². The van der Waals surface area contributed by atoms with E-state index in [1.165, 1.54) is 0 Å². The molecule has 5 heteroatoms. The second-order valence-corrected chi connectivity index (χ2v) is 3.42. The van der Waals surface area contributed by atoms with Crippen molar-refractivity contribution in [1.82, 2.24) is 4.98 Å². The van der Waals surface area contributed by atoms with Crippen molar-refractivity contribution in [1.29, 1.82) is 0 Å². The zero-order chi connectivity index (χ0) is 10.7. The third-order valence-electron chi connectivity index (χ3n) is 2.18. The van der Waals surface area contributed by atoms with Gasteiger partial charge in [0.15, 0.2) is 0 Å². The summed E-state index contributed by atoms with van der Waals surface area (Å²) in [6, 6.07) is 11.5. The van der Waals surface area contributed by atoms with Gasteiger partial charge in [-0.05, 0) is 42.8 Å². The normalized spacial score (nSPS) is 8.76. The van der Waals surface area contributed by atoms with Gasteiger partial charge in [-0.15, -0.1) is 24.8 Å². The molecule has 0 aliphatic carbocycles. The van der Waals surface area contributed by atoms with Crippen molar-refractivity contribution in [2.75, 3.05) is 11.1 Å². The molecule has 1 heterocycles. The molecule has 0 saturated heterocycles. The van der Waals surface area contributed by atoms with Gasteiger partial charge in [0.2, 0.25) is 0 Å². The van der Waals surface area contributed by atoms with E-state index >= 15 is 0 Å². The molecule has 2 aromatic rings. The molecule has 3 N–H and O–H groups in total. The quantitative estimate of drug-likeness (QED) is 0.822. The minimum absolute atomic E-state index is 0. The number of nitrogens with one attached hydrogen (secondary N) is 1. The lowest BCUT2D eigenvalue weighted by Gasteiger charge is -2.07. The molecule has 3 nitrogen and oxygen atoms in total. The van der Waals surface area contributed by atoms with Crippen LogP contribution >= 0.6 is 24.8 Å². The second-order valence-electron chi connectivity index (χ2n) is 3.42. The summed E-state index contributed by atoms with van der Waals surface area (Å²) in [5, 5.41) is 3.23. The van der Waals surface area contributed by atoms with Gasteiger partial charge < -0.3 is 11.1 Å². The lowest BCUT2D eigenvalue weighted by Crippen LogP contribution is -1.95. The van der Waals surface area contributed by atoms with Gasteiger partial charge in [-0.3, -0.25) is 0 Å². The van der Waals surface area contributed by atoms with E-state index < -0.39 is 0 Å². The number of pyridine rings is 1. The first kappa shape index (κ1) is 15.6. The predicted molar refractivity (Wildman–Crippen MR) is 77.6 cm³/mol. The summed E-state index contributed by atoms with van der Waals surface area (Å²) in [4.78, 5) is 4.25. The van der Waals surface area contributed by atoms with Gasteiger partial charge in [0.05, 0.1) is 0 Å². The molecule has 0 saturated carbocycles. The molecule has 1 aromatic heterocycles. The SMILES string of the molecule is Cc1cccnc1Nc1ccc(N)cc1.Cl.Cl. The smallest absolute Gasteiger partial charge is 0.133 e. The molecule has 0 aliphatic heterocycles. The number of anilines is 3. The fourth-order valence-electron chi connectivity index (χ4n) is 1.32. The Bertz CT molecular complexity index is 458. The van der Waals surface area contributed by atoms with Crippen LogP contribution in [0.4, 0.5) is 17.2 Å². The van der Waals surface area contributed by atoms with E-state index in [0.717, 1.165) is 22.8 Å². The fraction of sp³-hybridized carbons (Fsp3) is 0.0833. The lowest BCUT2D eigenvalue weighted by molar-refractivity contribution is 1.26. The summed E-state index contributed by atoms with van der Waals surface area (Å²) in [7, 11) is 0. The maximum atomic E-state index is 5.61. The summed E-state index contributed by atoms with van der Waals surface area (Å²) in [6.45, 7) is 2.02. The van der Waals surface area contributed by atoms with Crippen molar-refractivity contribution < 1.29 is 0 Å². The summed E-state index contributed by atoms with van der Waals surface area (Å²) >= 11 is 0. The largest absolute Gasteiger partial charge is 0.399 e. The van der Waals surface area contributed by atoms with Gasteiger partial charge in [0.1, 0.15) is 5.82 Å². The van der Waals surface area contributed by atoms with Crippen LogP contribution in [0.5, 0.6) is 0 Å². The number of hydrogen-bond donors (Lipinski definition) is 2. The van der Waals surface area contributed by atoms with Crippen LogP contribution in [0.3, 0.4) is 0 Å². The van der Waals surface area contributed by atoms with Crippen LogP contribution in [0.1, 0.15) is 5.56 Å². The monoisotopic (exact) mass is 271 g/mol. The third kappa shape index (κ3) is 4.13. The van der Waals surface area contributed by atoms with E-state index in [2.05, 4.69) is 10.3 Å². The van der Waals surface area contributed by atoms with Crippen LogP contribution in [-0.2, 0) is 0 Å². The van der Waals surface area contributed by atoms with Crippen LogP contribution in [0.25, 0.3) is 0 Å². The number of aryl methyl sites for hydroxylation is 1. The summed E-state index contributed by atoms with van der Waals surface area (Å²) < 4.78 is 0. The lowest BCUT2D eigenvalue weighted by atomic mass is 10.2. The van der Waals surface area contributed by atoms with Crippen molar-refractivity contribution >= 4 is 42.0 Å². The second kappa shape index (κ2) is 6.99. The van der Waals surface area contributed by atoms with Gasteiger partial charge in [0, 0.05) is 17.6 Å². The van der Waals surface area contributed by atoms with Gasteiger partial charge >= 0.3 is 0 Å². The van der Waals surface area contributed by atoms with Crippen molar-refractivity contribution in [3.8, 4) is 0 Å². The minimum Gasteiger partial charge on any atom is -0.399 e. The molecule has 0 unspecified atom stereocenters. The predicted octanol–water partition coefficient (Wildman–Crippen LogP) is 3.56. The Hall–Kier alpha value is -1.45. The number of rotatable bonds is 2. The van der Waals surface area contributed by atoms with E-state index in [1.807, 2.05) is 43.3 Å². The van der Waals surface area contributed by atoms with E-state index in [4.69, 9.17) is 5.73 Å². The Balaban J connectivity index is 0.00000128. The fourth-order valence-corrected chi connectivity index (χ4v) is 1.32. The molecule has 2 rings (SSSR count). The third-order valence-corrected chi connectivity index (χ3v) is 2.18. The Morgan fingerprint density at radius 1 is 1.06 bits per heavy atom. The number of nitrogens with two attached hydrogens (primary N) is 1. The molecule has 1 aromatic carbocycles. The number of nitrogens with zero attached hydrogens (tertiary/aromatic N) is 1. The molecular formula is C12H15Cl2N3. The Kier molecular flexibility index (Phi) is 6.39. The van der Waals surface area contributed by atoms with Crippen molar-refractivity contribution in [2.24, 2.45) is 0 Å². The molecule has 0 bridgehead atoms. The molecule has 0 fully saturated rings. The molecule has 0 radical (unpaired) electrons. The topological polar surface area (TPSA) is 50.9 Å². The van der Waals surface area contributed by atoms with Crippen LogP contribution in [0, 0.1) is 6.92 Å².